The van der Waals surface area contributed by atoms with Crippen LogP contribution in [0.4, 0.5) is 0 Å². The molecule has 2 amide bonds. The summed E-state index contributed by atoms with van der Waals surface area (Å²) in [7, 11) is 0. The highest BCUT2D eigenvalue weighted by Gasteiger charge is 2.28. The van der Waals surface area contributed by atoms with Crippen molar-refractivity contribution in [2.75, 3.05) is 26.2 Å². The Kier molecular flexibility index (Phi) is 9.55. The second kappa shape index (κ2) is 11.9. The van der Waals surface area contributed by atoms with E-state index in [1.165, 1.54) is 0 Å². The fraction of sp³-hybridized carbons (Fsp3) is 0.727. The van der Waals surface area contributed by atoms with Gasteiger partial charge in [-0.3, -0.25) is 9.59 Å². The van der Waals surface area contributed by atoms with Gasteiger partial charge in [-0.25, -0.2) is 0 Å². The van der Waals surface area contributed by atoms with Gasteiger partial charge in [0.25, 0.3) is 0 Å². The average Bonchev–Trinajstić information content (AvgIpc) is 3.39. The van der Waals surface area contributed by atoms with Crippen LogP contribution in [-0.2, 0) is 20.9 Å². The van der Waals surface area contributed by atoms with E-state index in [2.05, 4.69) is 6.92 Å². The number of hydrogen-bond donors (Lipinski definition) is 0. The molecular formula is C22H36N2O4. The van der Waals surface area contributed by atoms with Crippen LogP contribution in [0.1, 0.15) is 65.1 Å². The van der Waals surface area contributed by atoms with E-state index in [9.17, 15) is 9.59 Å². The van der Waals surface area contributed by atoms with Crippen LogP contribution in [0.15, 0.2) is 22.8 Å². The van der Waals surface area contributed by atoms with E-state index in [1.54, 1.807) is 16.1 Å². The van der Waals surface area contributed by atoms with Crippen LogP contribution in [0.25, 0.3) is 0 Å². The van der Waals surface area contributed by atoms with Crippen LogP contribution in [0.5, 0.6) is 0 Å². The van der Waals surface area contributed by atoms with E-state index in [1.807, 2.05) is 26.0 Å². The van der Waals surface area contributed by atoms with Crippen molar-refractivity contribution >= 4 is 11.8 Å². The maximum Gasteiger partial charge on any atom is 0.242 e. The zero-order valence-corrected chi connectivity index (χ0v) is 17.7. The first-order valence-corrected chi connectivity index (χ1v) is 10.8. The lowest BCUT2D eigenvalue weighted by Gasteiger charge is -2.30. The van der Waals surface area contributed by atoms with Gasteiger partial charge in [-0.2, -0.15) is 0 Å². The van der Waals surface area contributed by atoms with E-state index in [-0.39, 0.29) is 30.4 Å². The van der Waals surface area contributed by atoms with Gasteiger partial charge in [0, 0.05) is 25.6 Å². The molecule has 6 heteroatoms. The summed E-state index contributed by atoms with van der Waals surface area (Å²) in [5.41, 5.74) is 0. The third kappa shape index (κ3) is 6.66. The second-order valence-electron chi connectivity index (χ2n) is 7.62. The lowest BCUT2D eigenvalue weighted by molar-refractivity contribution is -0.144. The Morgan fingerprint density at radius 3 is 2.57 bits per heavy atom. The van der Waals surface area contributed by atoms with Crippen molar-refractivity contribution in [1.82, 2.24) is 9.80 Å². The van der Waals surface area contributed by atoms with E-state index in [4.69, 9.17) is 9.15 Å². The molecule has 0 aromatic carbocycles. The van der Waals surface area contributed by atoms with Gasteiger partial charge in [0.05, 0.1) is 25.5 Å². The van der Waals surface area contributed by atoms with Crippen molar-refractivity contribution in [3.05, 3.63) is 24.2 Å². The fourth-order valence-corrected chi connectivity index (χ4v) is 3.65. The topological polar surface area (TPSA) is 63.0 Å². The molecule has 1 aromatic rings. The number of ether oxygens (including phenoxy) is 1. The van der Waals surface area contributed by atoms with Crippen LogP contribution in [-0.4, -0.2) is 54.0 Å². The Labute approximate surface area is 169 Å². The SMILES string of the molecule is CCCCN(CC(=O)N(Cc1ccco1)CC1CCCO1)C(=O)C(CC)CC. The smallest absolute Gasteiger partial charge is 0.242 e. The first-order chi connectivity index (χ1) is 13.6. The average molecular weight is 393 g/mol. The number of nitrogens with zero attached hydrogens (tertiary/aromatic N) is 2. The summed E-state index contributed by atoms with van der Waals surface area (Å²) in [6.07, 6.45) is 7.19. The summed E-state index contributed by atoms with van der Waals surface area (Å²) in [6, 6.07) is 3.70. The molecule has 158 valence electrons. The van der Waals surface area contributed by atoms with Crippen molar-refractivity contribution in [3.63, 3.8) is 0 Å². The predicted octanol–water partition coefficient (Wildman–Crippen LogP) is 3.85. The largest absolute Gasteiger partial charge is 0.467 e. The van der Waals surface area contributed by atoms with Gasteiger partial charge in [0.1, 0.15) is 5.76 Å². The van der Waals surface area contributed by atoms with Crippen LogP contribution in [0.2, 0.25) is 0 Å². The summed E-state index contributed by atoms with van der Waals surface area (Å²) in [5, 5.41) is 0. The monoisotopic (exact) mass is 392 g/mol. The van der Waals surface area contributed by atoms with E-state index in [0.29, 0.717) is 19.6 Å². The molecule has 2 rings (SSSR count). The summed E-state index contributed by atoms with van der Waals surface area (Å²) in [6.45, 7) is 8.63. The maximum absolute atomic E-state index is 13.2. The molecular weight excluding hydrogens is 356 g/mol. The molecule has 28 heavy (non-hydrogen) atoms. The summed E-state index contributed by atoms with van der Waals surface area (Å²) in [4.78, 5) is 29.7. The number of carbonyl (C=O) groups is 2. The Morgan fingerprint density at radius 1 is 1.21 bits per heavy atom. The van der Waals surface area contributed by atoms with Crippen LogP contribution in [0.3, 0.4) is 0 Å². The summed E-state index contributed by atoms with van der Waals surface area (Å²) >= 11 is 0. The van der Waals surface area contributed by atoms with Gasteiger partial charge < -0.3 is 19.0 Å². The second-order valence-corrected chi connectivity index (χ2v) is 7.62. The third-order valence-electron chi connectivity index (χ3n) is 5.48. The molecule has 0 aliphatic carbocycles. The molecule has 6 nitrogen and oxygen atoms in total. The first-order valence-electron chi connectivity index (χ1n) is 10.8. The highest BCUT2D eigenvalue weighted by Crippen LogP contribution is 2.17. The van der Waals surface area contributed by atoms with Crippen molar-refractivity contribution in [2.24, 2.45) is 5.92 Å². The normalized spacial score (nSPS) is 16.5. The predicted molar refractivity (Wildman–Crippen MR) is 109 cm³/mol. The van der Waals surface area contributed by atoms with Crippen molar-refractivity contribution in [2.45, 2.75) is 71.9 Å². The van der Waals surface area contributed by atoms with E-state index >= 15 is 0 Å². The number of hydrogen-bond acceptors (Lipinski definition) is 4. The lowest BCUT2D eigenvalue weighted by Crippen LogP contribution is -2.46. The molecule has 0 N–H and O–H groups in total. The Morgan fingerprint density at radius 2 is 2.00 bits per heavy atom. The summed E-state index contributed by atoms with van der Waals surface area (Å²) in [5.74, 6) is 0.795. The third-order valence-corrected chi connectivity index (χ3v) is 5.48. The van der Waals surface area contributed by atoms with Crippen LogP contribution < -0.4 is 0 Å². The molecule has 1 saturated heterocycles. The molecule has 1 atom stereocenters. The quantitative estimate of drug-likeness (QED) is 0.542. The molecule has 1 aromatic heterocycles. The minimum absolute atomic E-state index is 0.0126. The summed E-state index contributed by atoms with van der Waals surface area (Å²) < 4.78 is 11.2. The number of amides is 2. The van der Waals surface area contributed by atoms with Crippen LogP contribution in [0, 0.1) is 5.92 Å². The minimum atomic E-state index is -0.0395. The molecule has 2 heterocycles. The van der Waals surface area contributed by atoms with Gasteiger partial charge >= 0.3 is 0 Å². The molecule has 1 aliphatic rings. The number of unbranched alkanes of at least 4 members (excludes halogenated alkanes) is 1. The van der Waals surface area contributed by atoms with E-state index in [0.717, 1.165) is 50.9 Å². The Hall–Kier alpha value is -1.82. The van der Waals surface area contributed by atoms with Crippen molar-refractivity contribution in [1.29, 1.82) is 0 Å². The van der Waals surface area contributed by atoms with Gasteiger partial charge in [0.15, 0.2) is 0 Å². The highest BCUT2D eigenvalue weighted by molar-refractivity contribution is 5.86. The molecule has 0 spiro atoms. The maximum atomic E-state index is 13.2. The van der Waals surface area contributed by atoms with Gasteiger partial charge in [-0.15, -0.1) is 0 Å². The van der Waals surface area contributed by atoms with Crippen LogP contribution >= 0.6 is 0 Å². The molecule has 1 aliphatic heterocycles. The van der Waals surface area contributed by atoms with Gasteiger partial charge in [0.2, 0.25) is 11.8 Å². The minimum Gasteiger partial charge on any atom is -0.467 e. The number of rotatable bonds is 12. The molecule has 0 radical (unpaired) electrons. The molecule has 1 fully saturated rings. The first kappa shape index (κ1) is 22.5. The fourth-order valence-electron chi connectivity index (χ4n) is 3.65. The zero-order valence-electron chi connectivity index (χ0n) is 17.7. The Balaban J connectivity index is 2.08. The standard InChI is InChI=1S/C22H36N2O4/c1-4-7-12-23(22(26)18(5-2)6-3)17-21(25)24(15-19-10-8-13-27-19)16-20-11-9-14-28-20/h8,10,13,18,20H,4-7,9,11-12,14-17H2,1-3H3. The van der Waals surface area contributed by atoms with Gasteiger partial charge in [-0.05, 0) is 44.2 Å². The molecule has 0 saturated carbocycles. The Bertz CT molecular complexity index is 577. The molecule has 1 unspecified atom stereocenters. The van der Waals surface area contributed by atoms with Crippen molar-refractivity contribution < 1.29 is 18.7 Å². The lowest BCUT2D eigenvalue weighted by atomic mass is 10.0. The molecule has 0 bridgehead atoms. The van der Waals surface area contributed by atoms with Gasteiger partial charge in [-0.1, -0.05) is 27.2 Å². The number of carbonyl (C=O) groups excluding carboxylic acids is 2. The van der Waals surface area contributed by atoms with E-state index < -0.39 is 0 Å². The highest BCUT2D eigenvalue weighted by atomic mass is 16.5. The zero-order chi connectivity index (χ0) is 20.4. The number of furan rings is 1. The van der Waals surface area contributed by atoms with Crippen molar-refractivity contribution in [3.8, 4) is 0 Å².